The maximum absolute atomic E-state index is 12.2. The lowest BCUT2D eigenvalue weighted by Crippen LogP contribution is -2.34. The number of amides is 1. The molecule has 0 spiro atoms. The molecule has 0 saturated carbocycles. The van der Waals surface area contributed by atoms with Crippen molar-refractivity contribution < 1.29 is 19.4 Å². The van der Waals surface area contributed by atoms with Gasteiger partial charge >= 0.3 is 5.97 Å². The SMILES string of the molecule is Cn1cccc1C(=O)NC(C(=O)O)c1ccc2c(c1)CCO2. The number of hydrogen-bond acceptors (Lipinski definition) is 3. The van der Waals surface area contributed by atoms with Crippen molar-refractivity contribution in [3.8, 4) is 5.75 Å². The van der Waals surface area contributed by atoms with E-state index < -0.39 is 17.9 Å². The molecule has 0 radical (unpaired) electrons. The Kier molecular flexibility index (Phi) is 3.58. The van der Waals surface area contributed by atoms with Gasteiger partial charge in [-0.25, -0.2) is 4.79 Å². The zero-order valence-corrected chi connectivity index (χ0v) is 12.1. The van der Waals surface area contributed by atoms with Gasteiger partial charge in [-0.1, -0.05) is 6.07 Å². The predicted molar refractivity (Wildman–Crippen MR) is 78.9 cm³/mol. The van der Waals surface area contributed by atoms with Crippen molar-refractivity contribution in [2.75, 3.05) is 6.61 Å². The summed E-state index contributed by atoms with van der Waals surface area (Å²) in [5.74, 6) is -0.736. The van der Waals surface area contributed by atoms with E-state index in [9.17, 15) is 14.7 Å². The van der Waals surface area contributed by atoms with Crippen molar-refractivity contribution in [2.45, 2.75) is 12.5 Å². The zero-order valence-electron chi connectivity index (χ0n) is 12.1. The lowest BCUT2D eigenvalue weighted by atomic mass is 10.0. The van der Waals surface area contributed by atoms with Crippen LogP contribution in [0.15, 0.2) is 36.5 Å². The Balaban J connectivity index is 1.86. The van der Waals surface area contributed by atoms with E-state index >= 15 is 0 Å². The van der Waals surface area contributed by atoms with Gasteiger partial charge < -0.3 is 19.7 Å². The molecule has 2 aromatic rings. The maximum Gasteiger partial charge on any atom is 0.330 e. The zero-order chi connectivity index (χ0) is 15.7. The van der Waals surface area contributed by atoms with Gasteiger partial charge in [0, 0.05) is 19.7 Å². The first-order valence-corrected chi connectivity index (χ1v) is 6.97. The monoisotopic (exact) mass is 300 g/mol. The first-order chi connectivity index (χ1) is 10.6. The Morgan fingerprint density at radius 1 is 1.36 bits per heavy atom. The van der Waals surface area contributed by atoms with Crippen molar-refractivity contribution in [3.63, 3.8) is 0 Å². The molecule has 1 aromatic heterocycles. The van der Waals surface area contributed by atoms with Gasteiger partial charge in [-0.3, -0.25) is 4.79 Å². The molecule has 0 bridgehead atoms. The van der Waals surface area contributed by atoms with Gasteiger partial charge in [-0.15, -0.1) is 0 Å². The van der Waals surface area contributed by atoms with Crippen molar-refractivity contribution >= 4 is 11.9 Å². The normalized spacial score (nSPS) is 14.0. The van der Waals surface area contributed by atoms with Crippen molar-refractivity contribution in [2.24, 2.45) is 7.05 Å². The number of fused-ring (bicyclic) bond motifs is 1. The van der Waals surface area contributed by atoms with Crippen molar-refractivity contribution in [1.82, 2.24) is 9.88 Å². The van der Waals surface area contributed by atoms with Gasteiger partial charge in [0.15, 0.2) is 6.04 Å². The summed E-state index contributed by atoms with van der Waals surface area (Å²) >= 11 is 0. The third-order valence-corrected chi connectivity index (χ3v) is 3.75. The Morgan fingerprint density at radius 3 is 2.86 bits per heavy atom. The van der Waals surface area contributed by atoms with Crippen LogP contribution in [0.2, 0.25) is 0 Å². The molecule has 0 fully saturated rings. The third-order valence-electron chi connectivity index (χ3n) is 3.75. The van der Waals surface area contributed by atoms with Crippen LogP contribution in [0.4, 0.5) is 0 Å². The molecule has 2 N–H and O–H groups in total. The molecule has 2 heterocycles. The van der Waals surface area contributed by atoms with E-state index in [0.29, 0.717) is 17.9 Å². The average Bonchev–Trinajstić information content (AvgIpc) is 3.11. The number of nitrogens with zero attached hydrogens (tertiary/aromatic N) is 1. The molecule has 1 amide bonds. The van der Waals surface area contributed by atoms with Crippen LogP contribution in [0.1, 0.15) is 27.7 Å². The number of benzene rings is 1. The number of hydrogen-bond donors (Lipinski definition) is 2. The van der Waals surface area contributed by atoms with Crippen LogP contribution in [0.5, 0.6) is 5.75 Å². The van der Waals surface area contributed by atoms with E-state index in [1.165, 1.54) is 0 Å². The molecule has 0 saturated heterocycles. The molecule has 1 unspecified atom stereocenters. The minimum atomic E-state index is -1.10. The molecule has 114 valence electrons. The van der Waals surface area contributed by atoms with Crippen molar-refractivity contribution in [1.29, 1.82) is 0 Å². The lowest BCUT2D eigenvalue weighted by Gasteiger charge is -2.16. The minimum absolute atomic E-state index is 0.413. The lowest BCUT2D eigenvalue weighted by molar-refractivity contribution is -0.139. The molecule has 1 aromatic carbocycles. The fraction of sp³-hybridized carbons (Fsp3) is 0.250. The topological polar surface area (TPSA) is 80.6 Å². The number of rotatable bonds is 4. The minimum Gasteiger partial charge on any atom is -0.493 e. The van der Waals surface area contributed by atoms with Crippen LogP contribution in [0, 0.1) is 0 Å². The number of carboxylic acid groups (broad SMARTS) is 1. The van der Waals surface area contributed by atoms with E-state index in [0.717, 1.165) is 17.7 Å². The van der Waals surface area contributed by atoms with E-state index in [1.54, 1.807) is 48.1 Å². The quantitative estimate of drug-likeness (QED) is 0.897. The highest BCUT2D eigenvalue weighted by molar-refractivity contribution is 5.95. The second-order valence-electron chi connectivity index (χ2n) is 5.21. The van der Waals surface area contributed by atoms with E-state index in [1.807, 2.05) is 0 Å². The number of aliphatic carboxylic acids is 1. The third kappa shape index (κ3) is 2.55. The number of carboxylic acids is 1. The molecule has 1 aliphatic rings. The summed E-state index contributed by atoms with van der Waals surface area (Å²) < 4.78 is 7.05. The van der Waals surface area contributed by atoms with Gasteiger partial charge in [0.2, 0.25) is 0 Å². The average molecular weight is 300 g/mol. The van der Waals surface area contributed by atoms with Crippen LogP contribution >= 0.6 is 0 Å². The van der Waals surface area contributed by atoms with Crippen LogP contribution in [0.25, 0.3) is 0 Å². The molecule has 1 atom stereocenters. The molecule has 0 aliphatic carbocycles. The molecular weight excluding hydrogens is 284 g/mol. The largest absolute Gasteiger partial charge is 0.493 e. The Morgan fingerprint density at radius 2 is 2.18 bits per heavy atom. The smallest absolute Gasteiger partial charge is 0.330 e. The highest BCUT2D eigenvalue weighted by Crippen LogP contribution is 2.28. The van der Waals surface area contributed by atoms with Crippen LogP contribution in [-0.4, -0.2) is 28.2 Å². The Labute approximate surface area is 127 Å². The summed E-state index contributed by atoms with van der Waals surface area (Å²) in [5, 5.41) is 12.0. The summed E-state index contributed by atoms with van der Waals surface area (Å²) in [4.78, 5) is 23.8. The first kappa shape index (κ1) is 14.2. The van der Waals surface area contributed by atoms with Gasteiger partial charge in [-0.05, 0) is 35.4 Å². The molecular formula is C16H16N2O4. The van der Waals surface area contributed by atoms with Gasteiger partial charge in [0.1, 0.15) is 11.4 Å². The Hall–Kier alpha value is -2.76. The fourth-order valence-electron chi connectivity index (χ4n) is 2.58. The van der Waals surface area contributed by atoms with Gasteiger partial charge in [0.05, 0.1) is 6.61 Å². The molecule has 3 rings (SSSR count). The van der Waals surface area contributed by atoms with E-state index in [4.69, 9.17) is 4.74 Å². The number of nitrogens with one attached hydrogen (secondary N) is 1. The fourth-order valence-corrected chi connectivity index (χ4v) is 2.58. The van der Waals surface area contributed by atoms with Crippen LogP contribution < -0.4 is 10.1 Å². The number of aryl methyl sites for hydroxylation is 1. The number of carbonyl (C=O) groups excluding carboxylic acids is 1. The number of aromatic nitrogens is 1. The Bertz CT molecular complexity index is 735. The molecule has 6 heteroatoms. The highest BCUT2D eigenvalue weighted by atomic mass is 16.5. The second kappa shape index (κ2) is 5.55. The number of ether oxygens (including phenoxy) is 1. The second-order valence-corrected chi connectivity index (χ2v) is 5.21. The summed E-state index contributed by atoms with van der Waals surface area (Å²) in [7, 11) is 1.73. The van der Waals surface area contributed by atoms with Crippen LogP contribution in [0.3, 0.4) is 0 Å². The standard InChI is InChI=1S/C16H16N2O4/c1-18-7-2-3-12(18)15(19)17-14(16(20)21)11-4-5-13-10(9-11)6-8-22-13/h2-5,7,9,14H,6,8H2,1H3,(H,17,19)(H,20,21). The summed E-state index contributed by atoms with van der Waals surface area (Å²) in [6.45, 7) is 0.603. The summed E-state index contributed by atoms with van der Waals surface area (Å²) in [5.41, 5.74) is 1.92. The first-order valence-electron chi connectivity index (χ1n) is 6.97. The molecule has 6 nitrogen and oxygen atoms in total. The van der Waals surface area contributed by atoms with Crippen molar-refractivity contribution in [3.05, 3.63) is 53.3 Å². The molecule has 1 aliphatic heterocycles. The van der Waals surface area contributed by atoms with Gasteiger partial charge in [-0.2, -0.15) is 0 Å². The van der Waals surface area contributed by atoms with Crippen LogP contribution in [-0.2, 0) is 18.3 Å². The predicted octanol–water partition coefficient (Wildman–Crippen LogP) is 1.52. The summed E-state index contributed by atoms with van der Waals surface area (Å²) in [6, 6.07) is 7.50. The van der Waals surface area contributed by atoms with Gasteiger partial charge in [0.25, 0.3) is 5.91 Å². The van der Waals surface area contributed by atoms with E-state index in [2.05, 4.69) is 5.32 Å². The number of carbonyl (C=O) groups is 2. The van der Waals surface area contributed by atoms with E-state index in [-0.39, 0.29) is 0 Å². The maximum atomic E-state index is 12.2. The molecule has 22 heavy (non-hydrogen) atoms. The highest BCUT2D eigenvalue weighted by Gasteiger charge is 2.25. The summed E-state index contributed by atoms with van der Waals surface area (Å²) in [6.07, 6.45) is 2.48.